The molecule has 0 amide bonds. The molecule has 0 bridgehead atoms. The molecule has 0 spiro atoms. The molecule has 1 aliphatic rings. The van der Waals surface area contributed by atoms with Gasteiger partial charge in [-0.05, 0) is 38.1 Å². The van der Waals surface area contributed by atoms with E-state index in [2.05, 4.69) is 15.2 Å². The van der Waals surface area contributed by atoms with Gasteiger partial charge in [-0.1, -0.05) is 0 Å². The van der Waals surface area contributed by atoms with Crippen molar-refractivity contribution >= 4 is 18.2 Å². The summed E-state index contributed by atoms with van der Waals surface area (Å²) in [6.07, 6.45) is 3.92. The Morgan fingerprint density at radius 2 is 2.12 bits per heavy atom. The minimum absolute atomic E-state index is 0. The fraction of sp³-hybridized carbons (Fsp3) is 0.545. The molecule has 5 heteroatoms. The molecular formula is C11H18ClN3O. The van der Waals surface area contributed by atoms with Crippen LogP contribution < -0.4 is 10.2 Å². The summed E-state index contributed by atoms with van der Waals surface area (Å²) in [6.45, 7) is 2.09. The molecule has 0 aromatic carbocycles. The Morgan fingerprint density at radius 1 is 1.44 bits per heavy atom. The molecule has 1 aromatic heterocycles. The quantitative estimate of drug-likeness (QED) is 0.825. The molecule has 16 heavy (non-hydrogen) atoms. The molecule has 4 nitrogen and oxygen atoms in total. The van der Waals surface area contributed by atoms with Crippen molar-refractivity contribution in [3.8, 4) is 5.75 Å². The van der Waals surface area contributed by atoms with Gasteiger partial charge in [0.2, 0.25) is 0 Å². The Balaban J connectivity index is 0.00000128. The van der Waals surface area contributed by atoms with Crippen LogP contribution in [-0.4, -0.2) is 36.3 Å². The van der Waals surface area contributed by atoms with Crippen LogP contribution in [0.5, 0.6) is 5.75 Å². The van der Waals surface area contributed by atoms with E-state index in [4.69, 9.17) is 0 Å². The Labute approximate surface area is 102 Å². The van der Waals surface area contributed by atoms with Crippen molar-refractivity contribution in [2.75, 3.05) is 25.0 Å². The van der Waals surface area contributed by atoms with Gasteiger partial charge in [-0.3, -0.25) is 0 Å². The SMILES string of the molecule is CN(c1ncccc1O)C1CCNCC1.Cl. The Kier molecular flexibility index (Phi) is 4.83. The molecule has 1 saturated heterocycles. The fourth-order valence-corrected chi connectivity index (χ4v) is 2.03. The average Bonchev–Trinajstić information content (AvgIpc) is 2.30. The van der Waals surface area contributed by atoms with Crippen LogP contribution in [0.1, 0.15) is 12.8 Å². The lowest BCUT2D eigenvalue weighted by Crippen LogP contribution is -2.41. The number of aromatic hydroxyl groups is 1. The molecule has 1 fully saturated rings. The second-order valence-electron chi connectivity index (χ2n) is 3.94. The van der Waals surface area contributed by atoms with Gasteiger partial charge in [0.1, 0.15) is 0 Å². The second-order valence-corrected chi connectivity index (χ2v) is 3.94. The monoisotopic (exact) mass is 243 g/mol. The highest BCUT2D eigenvalue weighted by molar-refractivity contribution is 5.85. The fourth-order valence-electron chi connectivity index (χ4n) is 2.03. The van der Waals surface area contributed by atoms with Crippen LogP contribution in [-0.2, 0) is 0 Å². The van der Waals surface area contributed by atoms with E-state index in [0.717, 1.165) is 25.9 Å². The number of nitrogens with zero attached hydrogens (tertiary/aromatic N) is 2. The molecule has 0 atom stereocenters. The number of halogens is 1. The van der Waals surface area contributed by atoms with Gasteiger partial charge in [-0.25, -0.2) is 4.98 Å². The molecule has 2 heterocycles. The zero-order chi connectivity index (χ0) is 10.7. The van der Waals surface area contributed by atoms with Crippen molar-refractivity contribution in [1.82, 2.24) is 10.3 Å². The topological polar surface area (TPSA) is 48.4 Å². The van der Waals surface area contributed by atoms with Crippen molar-refractivity contribution in [2.45, 2.75) is 18.9 Å². The Bertz CT molecular complexity index is 329. The summed E-state index contributed by atoms with van der Waals surface area (Å²) in [5, 5.41) is 13.0. The normalized spacial score (nSPS) is 16.6. The number of rotatable bonds is 2. The van der Waals surface area contributed by atoms with Crippen LogP contribution in [0.25, 0.3) is 0 Å². The van der Waals surface area contributed by atoms with E-state index in [1.54, 1.807) is 18.3 Å². The summed E-state index contributed by atoms with van der Waals surface area (Å²) in [6, 6.07) is 3.90. The average molecular weight is 244 g/mol. The summed E-state index contributed by atoms with van der Waals surface area (Å²) in [7, 11) is 2.00. The zero-order valence-corrected chi connectivity index (χ0v) is 10.2. The Morgan fingerprint density at radius 3 is 2.75 bits per heavy atom. The second kappa shape index (κ2) is 5.92. The third-order valence-electron chi connectivity index (χ3n) is 2.96. The maximum absolute atomic E-state index is 9.69. The zero-order valence-electron chi connectivity index (χ0n) is 9.39. The molecule has 2 N–H and O–H groups in total. The first-order valence-electron chi connectivity index (χ1n) is 5.36. The first kappa shape index (κ1) is 13.1. The van der Waals surface area contributed by atoms with E-state index in [-0.39, 0.29) is 18.2 Å². The van der Waals surface area contributed by atoms with Crippen molar-refractivity contribution in [2.24, 2.45) is 0 Å². The number of hydrogen-bond donors (Lipinski definition) is 2. The summed E-state index contributed by atoms with van der Waals surface area (Å²) in [4.78, 5) is 6.29. The molecule has 0 radical (unpaired) electrons. The van der Waals surface area contributed by atoms with Gasteiger partial charge < -0.3 is 15.3 Å². The highest BCUT2D eigenvalue weighted by atomic mass is 35.5. The number of pyridine rings is 1. The highest BCUT2D eigenvalue weighted by Gasteiger charge is 2.20. The highest BCUT2D eigenvalue weighted by Crippen LogP contribution is 2.26. The molecule has 0 unspecified atom stereocenters. The molecule has 0 aliphatic carbocycles. The largest absolute Gasteiger partial charge is 0.504 e. The number of nitrogens with one attached hydrogen (secondary N) is 1. The third kappa shape index (κ3) is 2.77. The van der Waals surface area contributed by atoms with Gasteiger partial charge in [0, 0.05) is 19.3 Å². The molecule has 1 aliphatic heterocycles. The smallest absolute Gasteiger partial charge is 0.171 e. The lowest BCUT2D eigenvalue weighted by atomic mass is 10.1. The van der Waals surface area contributed by atoms with Crippen LogP contribution in [0.3, 0.4) is 0 Å². The first-order valence-corrected chi connectivity index (χ1v) is 5.36. The molecule has 0 saturated carbocycles. The lowest BCUT2D eigenvalue weighted by molar-refractivity contribution is 0.430. The van der Waals surface area contributed by atoms with E-state index < -0.39 is 0 Å². The van der Waals surface area contributed by atoms with E-state index in [9.17, 15) is 5.11 Å². The van der Waals surface area contributed by atoms with Gasteiger partial charge in [0.05, 0.1) is 0 Å². The standard InChI is InChI=1S/C11H17N3O.ClH/c1-14(9-4-7-12-8-5-9)11-10(15)3-2-6-13-11;/h2-3,6,9,12,15H,4-5,7-8H2,1H3;1H. The van der Waals surface area contributed by atoms with E-state index in [0.29, 0.717) is 11.9 Å². The summed E-state index contributed by atoms with van der Waals surface area (Å²) < 4.78 is 0. The third-order valence-corrected chi connectivity index (χ3v) is 2.96. The Hall–Kier alpha value is -1.00. The van der Waals surface area contributed by atoms with Crippen molar-refractivity contribution in [3.05, 3.63) is 18.3 Å². The van der Waals surface area contributed by atoms with Gasteiger partial charge >= 0.3 is 0 Å². The van der Waals surface area contributed by atoms with Crippen molar-refractivity contribution in [3.63, 3.8) is 0 Å². The van der Waals surface area contributed by atoms with Crippen LogP contribution in [0.4, 0.5) is 5.82 Å². The minimum atomic E-state index is 0. The number of aromatic nitrogens is 1. The maximum atomic E-state index is 9.69. The van der Waals surface area contributed by atoms with Crippen LogP contribution in [0, 0.1) is 0 Å². The van der Waals surface area contributed by atoms with Gasteiger partial charge in [0.15, 0.2) is 11.6 Å². The van der Waals surface area contributed by atoms with Gasteiger partial charge in [-0.15, -0.1) is 12.4 Å². The lowest BCUT2D eigenvalue weighted by Gasteiger charge is -2.32. The van der Waals surface area contributed by atoms with E-state index in [1.165, 1.54) is 0 Å². The van der Waals surface area contributed by atoms with Crippen LogP contribution in [0.2, 0.25) is 0 Å². The predicted octanol–water partition coefficient (Wildman–Crippen LogP) is 1.40. The van der Waals surface area contributed by atoms with Crippen LogP contribution >= 0.6 is 12.4 Å². The number of piperidine rings is 1. The van der Waals surface area contributed by atoms with Crippen LogP contribution in [0.15, 0.2) is 18.3 Å². The first-order chi connectivity index (χ1) is 7.29. The van der Waals surface area contributed by atoms with Gasteiger partial charge in [-0.2, -0.15) is 0 Å². The van der Waals surface area contributed by atoms with E-state index >= 15 is 0 Å². The van der Waals surface area contributed by atoms with Gasteiger partial charge in [0.25, 0.3) is 0 Å². The minimum Gasteiger partial charge on any atom is -0.504 e. The van der Waals surface area contributed by atoms with Crippen molar-refractivity contribution < 1.29 is 5.11 Å². The molecule has 2 rings (SSSR count). The number of hydrogen-bond acceptors (Lipinski definition) is 4. The van der Waals surface area contributed by atoms with Crippen molar-refractivity contribution in [1.29, 1.82) is 0 Å². The number of anilines is 1. The summed E-state index contributed by atoms with van der Waals surface area (Å²) in [5.74, 6) is 0.947. The molecule has 1 aromatic rings. The summed E-state index contributed by atoms with van der Waals surface area (Å²) in [5.41, 5.74) is 0. The summed E-state index contributed by atoms with van der Waals surface area (Å²) >= 11 is 0. The van der Waals surface area contributed by atoms with E-state index in [1.807, 2.05) is 7.05 Å². The molecular weight excluding hydrogens is 226 g/mol. The maximum Gasteiger partial charge on any atom is 0.171 e. The molecule has 90 valence electrons. The predicted molar refractivity (Wildman–Crippen MR) is 67.4 cm³/mol.